The highest BCUT2D eigenvalue weighted by molar-refractivity contribution is 5.74. The molecule has 0 saturated heterocycles. The maximum absolute atomic E-state index is 12.2. The minimum absolute atomic E-state index is 0.297. The van der Waals surface area contributed by atoms with Crippen LogP contribution in [0.3, 0.4) is 0 Å². The largest absolute Gasteiger partial charge is 0.356 e. The lowest BCUT2D eigenvalue weighted by atomic mass is 10.5. The summed E-state index contributed by atoms with van der Waals surface area (Å²) in [5.74, 6) is 0.591. The molecule has 0 fully saturated rings. The van der Waals surface area contributed by atoms with Crippen LogP contribution >= 0.6 is 0 Å². The highest BCUT2D eigenvalue weighted by Crippen LogP contribution is 2.12. The third-order valence-electron chi connectivity index (χ3n) is 3.01. The summed E-state index contributed by atoms with van der Waals surface area (Å²) in [6, 6.07) is 0. The number of fused-ring (bicyclic) bond motifs is 1. The van der Waals surface area contributed by atoms with Crippen molar-refractivity contribution in [2.24, 2.45) is 14.1 Å². The summed E-state index contributed by atoms with van der Waals surface area (Å²) in [7, 11) is 3.39. The zero-order valence-electron chi connectivity index (χ0n) is 11.0. The predicted octanol–water partition coefficient (Wildman–Crippen LogP) is -0.115. The highest BCUT2D eigenvalue weighted by Gasteiger charge is 2.17. The molecular formula is C11H17N5O2. The molecule has 2 aromatic heterocycles. The minimum Gasteiger partial charge on any atom is -0.356 e. The first-order valence-corrected chi connectivity index (χ1v) is 5.93. The van der Waals surface area contributed by atoms with E-state index in [0.29, 0.717) is 30.2 Å². The van der Waals surface area contributed by atoms with Gasteiger partial charge in [-0.1, -0.05) is 0 Å². The molecule has 2 aromatic rings. The number of aryl methyl sites for hydroxylation is 2. The lowest BCUT2D eigenvalue weighted by Gasteiger charge is -2.05. The monoisotopic (exact) mass is 251 g/mol. The second kappa shape index (κ2) is 4.32. The standard InChI is InChI=1S/C11H17N5O2/c1-5-12-10-13-8-7(14(10)3)9(17)16(6-2)11(18)15(8)4/h5-6H2,1-4H3,(H,12,13). The molecule has 2 rings (SSSR count). The van der Waals surface area contributed by atoms with Crippen molar-refractivity contribution >= 4 is 17.1 Å². The first-order chi connectivity index (χ1) is 8.52. The summed E-state index contributed by atoms with van der Waals surface area (Å²) in [4.78, 5) is 28.5. The van der Waals surface area contributed by atoms with Crippen LogP contribution in [0.5, 0.6) is 0 Å². The van der Waals surface area contributed by atoms with Gasteiger partial charge in [0.05, 0.1) is 0 Å². The van der Waals surface area contributed by atoms with Crippen molar-refractivity contribution < 1.29 is 0 Å². The Balaban J connectivity index is 2.95. The van der Waals surface area contributed by atoms with Crippen molar-refractivity contribution in [1.82, 2.24) is 18.7 Å². The number of nitrogens with zero attached hydrogens (tertiary/aromatic N) is 4. The van der Waals surface area contributed by atoms with E-state index in [-0.39, 0.29) is 11.2 Å². The lowest BCUT2D eigenvalue weighted by Crippen LogP contribution is -2.39. The van der Waals surface area contributed by atoms with Crippen LogP contribution in [0.4, 0.5) is 5.95 Å². The molecule has 0 aliphatic carbocycles. The van der Waals surface area contributed by atoms with Crippen LogP contribution < -0.4 is 16.6 Å². The molecule has 0 saturated carbocycles. The number of rotatable bonds is 3. The van der Waals surface area contributed by atoms with E-state index in [1.165, 1.54) is 9.13 Å². The fourth-order valence-electron chi connectivity index (χ4n) is 2.04. The molecule has 0 amide bonds. The molecule has 0 atom stereocenters. The molecule has 0 aromatic carbocycles. The molecule has 0 unspecified atom stereocenters. The summed E-state index contributed by atoms with van der Waals surface area (Å²) in [5, 5.41) is 3.06. The van der Waals surface area contributed by atoms with Crippen LogP contribution in [0.1, 0.15) is 13.8 Å². The molecule has 0 aliphatic heterocycles. The average molecular weight is 251 g/mol. The SMILES string of the molecule is CCNc1nc2c(c(=O)n(CC)c(=O)n2C)n1C. The Labute approximate surface area is 104 Å². The summed E-state index contributed by atoms with van der Waals surface area (Å²) in [6.45, 7) is 4.77. The molecule has 7 heteroatoms. The number of hydrogen-bond donors (Lipinski definition) is 1. The van der Waals surface area contributed by atoms with Crippen molar-refractivity contribution in [3.05, 3.63) is 20.8 Å². The lowest BCUT2D eigenvalue weighted by molar-refractivity contribution is 0.635. The summed E-state index contributed by atoms with van der Waals surface area (Å²) in [6.07, 6.45) is 0. The molecule has 0 bridgehead atoms. The Kier molecular flexibility index (Phi) is 2.98. The number of hydrogen-bond acceptors (Lipinski definition) is 4. The van der Waals surface area contributed by atoms with Crippen LogP contribution in [0.2, 0.25) is 0 Å². The third kappa shape index (κ3) is 1.54. The third-order valence-corrected chi connectivity index (χ3v) is 3.01. The summed E-state index contributed by atoms with van der Waals surface area (Å²) >= 11 is 0. The van der Waals surface area contributed by atoms with Gasteiger partial charge in [-0.25, -0.2) is 4.79 Å². The number of imidazole rings is 1. The van der Waals surface area contributed by atoms with Crippen molar-refractivity contribution in [1.29, 1.82) is 0 Å². The van der Waals surface area contributed by atoms with E-state index in [2.05, 4.69) is 10.3 Å². The molecule has 18 heavy (non-hydrogen) atoms. The van der Waals surface area contributed by atoms with Crippen LogP contribution in [0.25, 0.3) is 11.2 Å². The normalized spacial score (nSPS) is 11.1. The second-order valence-corrected chi connectivity index (χ2v) is 4.09. The Morgan fingerprint density at radius 3 is 2.39 bits per heavy atom. The maximum atomic E-state index is 12.2. The quantitative estimate of drug-likeness (QED) is 0.825. The van der Waals surface area contributed by atoms with Gasteiger partial charge in [0, 0.05) is 27.2 Å². The topological polar surface area (TPSA) is 73.8 Å². The maximum Gasteiger partial charge on any atom is 0.332 e. The number of aromatic nitrogens is 4. The van der Waals surface area contributed by atoms with E-state index >= 15 is 0 Å². The Bertz CT molecular complexity index is 707. The van der Waals surface area contributed by atoms with Gasteiger partial charge in [-0.2, -0.15) is 4.98 Å². The molecule has 0 aliphatic rings. The minimum atomic E-state index is -0.337. The zero-order chi connectivity index (χ0) is 13.4. The van der Waals surface area contributed by atoms with Crippen LogP contribution in [-0.2, 0) is 20.6 Å². The van der Waals surface area contributed by atoms with Gasteiger partial charge in [0.15, 0.2) is 11.2 Å². The van der Waals surface area contributed by atoms with Gasteiger partial charge >= 0.3 is 5.69 Å². The molecule has 7 nitrogen and oxygen atoms in total. The van der Waals surface area contributed by atoms with Crippen molar-refractivity contribution in [2.45, 2.75) is 20.4 Å². The molecule has 0 spiro atoms. The van der Waals surface area contributed by atoms with Gasteiger partial charge in [-0.15, -0.1) is 0 Å². The summed E-state index contributed by atoms with van der Waals surface area (Å²) in [5.41, 5.74) is 0.217. The van der Waals surface area contributed by atoms with Crippen LogP contribution in [-0.4, -0.2) is 25.2 Å². The van der Waals surface area contributed by atoms with Crippen molar-refractivity contribution in [3.63, 3.8) is 0 Å². The van der Waals surface area contributed by atoms with E-state index in [9.17, 15) is 9.59 Å². The van der Waals surface area contributed by atoms with Gasteiger partial charge in [-0.3, -0.25) is 13.9 Å². The van der Waals surface area contributed by atoms with Crippen LogP contribution in [0, 0.1) is 0 Å². The van der Waals surface area contributed by atoms with Gasteiger partial charge in [0.1, 0.15) is 0 Å². The first kappa shape index (κ1) is 12.4. The molecular weight excluding hydrogens is 234 g/mol. The smallest absolute Gasteiger partial charge is 0.332 e. The van der Waals surface area contributed by atoms with Gasteiger partial charge in [0.2, 0.25) is 5.95 Å². The van der Waals surface area contributed by atoms with E-state index in [1.54, 1.807) is 25.6 Å². The van der Waals surface area contributed by atoms with Crippen molar-refractivity contribution in [2.75, 3.05) is 11.9 Å². The average Bonchev–Trinajstić information content (AvgIpc) is 2.66. The fraction of sp³-hybridized carbons (Fsp3) is 0.545. The number of anilines is 1. The first-order valence-electron chi connectivity index (χ1n) is 5.93. The Hall–Kier alpha value is -2.05. The van der Waals surface area contributed by atoms with Gasteiger partial charge in [-0.05, 0) is 13.8 Å². The van der Waals surface area contributed by atoms with E-state index in [0.717, 1.165) is 0 Å². The highest BCUT2D eigenvalue weighted by atomic mass is 16.2. The van der Waals surface area contributed by atoms with E-state index in [4.69, 9.17) is 0 Å². The van der Waals surface area contributed by atoms with E-state index < -0.39 is 0 Å². The second-order valence-electron chi connectivity index (χ2n) is 4.09. The Morgan fingerprint density at radius 1 is 1.17 bits per heavy atom. The van der Waals surface area contributed by atoms with E-state index in [1.807, 2.05) is 6.92 Å². The van der Waals surface area contributed by atoms with Gasteiger partial charge < -0.3 is 9.88 Å². The Morgan fingerprint density at radius 2 is 1.83 bits per heavy atom. The number of nitrogens with one attached hydrogen (secondary N) is 1. The van der Waals surface area contributed by atoms with Crippen LogP contribution in [0.15, 0.2) is 9.59 Å². The molecule has 1 N–H and O–H groups in total. The zero-order valence-corrected chi connectivity index (χ0v) is 11.0. The summed E-state index contributed by atoms with van der Waals surface area (Å²) < 4.78 is 4.30. The predicted molar refractivity (Wildman–Crippen MR) is 70.1 cm³/mol. The molecule has 2 heterocycles. The van der Waals surface area contributed by atoms with Crippen molar-refractivity contribution in [3.8, 4) is 0 Å². The van der Waals surface area contributed by atoms with Gasteiger partial charge in [0.25, 0.3) is 5.56 Å². The molecule has 0 radical (unpaired) electrons. The fourth-order valence-corrected chi connectivity index (χ4v) is 2.04. The molecule has 98 valence electrons.